The monoisotopic (exact) mass is 319 g/mol. The molecule has 2 rings (SSSR count). The molecular weight excluding hydrogens is 290 g/mol. The van der Waals surface area contributed by atoms with Crippen LogP contribution in [0.3, 0.4) is 0 Å². The fourth-order valence-electron chi connectivity index (χ4n) is 2.86. The lowest BCUT2D eigenvalue weighted by molar-refractivity contribution is 0.0826. The maximum Gasteiger partial charge on any atom is 0.279 e. The van der Waals surface area contributed by atoms with Crippen LogP contribution in [-0.2, 0) is 14.9 Å². The lowest BCUT2D eigenvalue weighted by atomic mass is 9.98. The van der Waals surface area contributed by atoms with E-state index in [0.29, 0.717) is 38.3 Å². The van der Waals surface area contributed by atoms with Crippen molar-refractivity contribution in [1.29, 1.82) is 0 Å². The van der Waals surface area contributed by atoms with Gasteiger partial charge in [0.05, 0.1) is 0 Å². The van der Waals surface area contributed by atoms with E-state index in [4.69, 9.17) is 4.74 Å². The normalized spacial score (nSPS) is 23.8. The number of nitrogens with zero attached hydrogens (tertiary/aromatic N) is 1. The molecule has 0 radical (unpaired) electrons. The highest BCUT2D eigenvalue weighted by Crippen LogP contribution is 2.19. The van der Waals surface area contributed by atoms with Crippen LogP contribution in [0.5, 0.6) is 0 Å². The van der Waals surface area contributed by atoms with Gasteiger partial charge < -0.3 is 10.1 Å². The third kappa shape index (κ3) is 5.49. The van der Waals surface area contributed by atoms with Crippen LogP contribution in [0.4, 0.5) is 0 Å². The van der Waals surface area contributed by atoms with Gasteiger partial charge >= 0.3 is 0 Å². The smallest absolute Gasteiger partial charge is 0.279 e. The molecular formula is C14H29N3O3S. The number of hydrogen-bond acceptors (Lipinski definition) is 4. The summed E-state index contributed by atoms with van der Waals surface area (Å²) in [5, 5.41) is 3.44. The zero-order valence-electron chi connectivity index (χ0n) is 13.2. The van der Waals surface area contributed by atoms with E-state index < -0.39 is 10.2 Å². The molecule has 21 heavy (non-hydrogen) atoms. The Hall–Kier alpha value is -0.210. The second-order valence-corrected chi connectivity index (χ2v) is 8.12. The lowest BCUT2D eigenvalue weighted by Crippen LogP contribution is -2.50. The second-order valence-electron chi connectivity index (χ2n) is 6.41. The Morgan fingerprint density at radius 3 is 2.33 bits per heavy atom. The van der Waals surface area contributed by atoms with Crippen molar-refractivity contribution in [2.45, 2.75) is 51.6 Å². The number of rotatable bonds is 6. The summed E-state index contributed by atoms with van der Waals surface area (Å²) in [4.78, 5) is 0. The van der Waals surface area contributed by atoms with Crippen molar-refractivity contribution in [2.75, 3.05) is 32.8 Å². The minimum Gasteiger partial charge on any atom is -0.381 e. The van der Waals surface area contributed by atoms with E-state index in [2.05, 4.69) is 23.9 Å². The van der Waals surface area contributed by atoms with Crippen molar-refractivity contribution in [2.24, 2.45) is 5.92 Å². The molecule has 2 heterocycles. The summed E-state index contributed by atoms with van der Waals surface area (Å²) >= 11 is 0. The second kappa shape index (κ2) is 7.87. The molecule has 0 atom stereocenters. The van der Waals surface area contributed by atoms with Crippen molar-refractivity contribution in [3.63, 3.8) is 0 Å². The van der Waals surface area contributed by atoms with Gasteiger partial charge in [0.1, 0.15) is 0 Å². The molecule has 0 amide bonds. The van der Waals surface area contributed by atoms with Gasteiger partial charge in [-0.15, -0.1) is 0 Å². The first-order valence-electron chi connectivity index (χ1n) is 8.06. The van der Waals surface area contributed by atoms with Gasteiger partial charge in [0.2, 0.25) is 0 Å². The van der Waals surface area contributed by atoms with Crippen molar-refractivity contribution in [3.8, 4) is 0 Å². The Morgan fingerprint density at radius 2 is 1.76 bits per heavy atom. The Morgan fingerprint density at radius 1 is 1.14 bits per heavy atom. The summed E-state index contributed by atoms with van der Waals surface area (Å²) in [5.41, 5.74) is 0. The average molecular weight is 319 g/mol. The Labute approximate surface area is 128 Å². The Balaban J connectivity index is 1.77. The molecule has 0 aliphatic carbocycles. The molecule has 2 saturated heterocycles. The zero-order chi connectivity index (χ0) is 15.3. The average Bonchev–Trinajstić information content (AvgIpc) is 2.46. The van der Waals surface area contributed by atoms with Crippen LogP contribution in [0.2, 0.25) is 0 Å². The molecule has 6 nitrogen and oxygen atoms in total. The molecule has 0 aromatic carbocycles. The minimum absolute atomic E-state index is 0.0316. The molecule has 0 spiro atoms. The van der Waals surface area contributed by atoms with Gasteiger partial charge in [-0.25, -0.2) is 0 Å². The number of piperidine rings is 1. The van der Waals surface area contributed by atoms with Gasteiger partial charge in [-0.2, -0.15) is 17.4 Å². The van der Waals surface area contributed by atoms with Crippen molar-refractivity contribution >= 4 is 10.2 Å². The summed E-state index contributed by atoms with van der Waals surface area (Å²) in [5.74, 6) is 0.585. The van der Waals surface area contributed by atoms with E-state index in [1.54, 1.807) is 4.31 Å². The minimum atomic E-state index is -3.33. The van der Waals surface area contributed by atoms with E-state index >= 15 is 0 Å². The van der Waals surface area contributed by atoms with Crippen LogP contribution in [0.15, 0.2) is 0 Å². The molecule has 2 aliphatic rings. The lowest BCUT2D eigenvalue weighted by Gasteiger charge is -2.33. The van der Waals surface area contributed by atoms with Gasteiger partial charge in [0, 0.05) is 38.4 Å². The number of hydrogen-bond donors (Lipinski definition) is 2. The van der Waals surface area contributed by atoms with Crippen LogP contribution < -0.4 is 10.0 Å². The largest absolute Gasteiger partial charge is 0.381 e. The predicted molar refractivity (Wildman–Crippen MR) is 83.3 cm³/mol. The van der Waals surface area contributed by atoms with Crippen molar-refractivity contribution in [1.82, 2.24) is 14.3 Å². The zero-order valence-corrected chi connectivity index (χ0v) is 14.0. The maximum atomic E-state index is 12.4. The number of ether oxygens (including phenoxy) is 1. The van der Waals surface area contributed by atoms with Gasteiger partial charge in [0.15, 0.2) is 0 Å². The molecule has 0 bridgehead atoms. The Kier molecular flexibility index (Phi) is 6.43. The van der Waals surface area contributed by atoms with Gasteiger partial charge in [0.25, 0.3) is 10.2 Å². The van der Waals surface area contributed by atoms with Crippen molar-refractivity contribution < 1.29 is 13.2 Å². The third-order valence-electron chi connectivity index (χ3n) is 4.27. The van der Waals surface area contributed by atoms with Crippen LogP contribution in [0, 0.1) is 5.92 Å². The van der Waals surface area contributed by atoms with Crippen LogP contribution in [0.1, 0.15) is 39.5 Å². The van der Waals surface area contributed by atoms with E-state index in [0.717, 1.165) is 32.2 Å². The highest BCUT2D eigenvalue weighted by atomic mass is 32.2. The topological polar surface area (TPSA) is 70.7 Å². The molecule has 124 valence electrons. The van der Waals surface area contributed by atoms with E-state index in [9.17, 15) is 8.42 Å². The van der Waals surface area contributed by atoms with Gasteiger partial charge in [-0.05, 0) is 38.1 Å². The fraction of sp³-hybridized carbons (Fsp3) is 1.00. The van der Waals surface area contributed by atoms with Gasteiger partial charge in [-0.3, -0.25) is 0 Å². The SMILES string of the molecule is CC(C)NCC1CCN(S(=O)(=O)NC2CCOCC2)CC1. The Bertz CT molecular complexity index is 400. The maximum absolute atomic E-state index is 12.4. The molecule has 2 fully saturated rings. The summed E-state index contributed by atoms with van der Waals surface area (Å²) in [6.07, 6.45) is 3.42. The molecule has 0 unspecified atom stereocenters. The highest BCUT2D eigenvalue weighted by molar-refractivity contribution is 7.87. The summed E-state index contributed by atoms with van der Waals surface area (Å²) < 4.78 is 34.5. The third-order valence-corrected chi connectivity index (χ3v) is 5.94. The molecule has 2 aliphatic heterocycles. The molecule has 0 aromatic heterocycles. The molecule has 7 heteroatoms. The van der Waals surface area contributed by atoms with Gasteiger partial charge in [-0.1, -0.05) is 13.8 Å². The van der Waals surface area contributed by atoms with Crippen LogP contribution in [0.25, 0.3) is 0 Å². The quantitative estimate of drug-likeness (QED) is 0.756. The first-order chi connectivity index (χ1) is 9.97. The standard InChI is InChI=1S/C14H29N3O3S/c1-12(2)15-11-13-3-7-17(8-4-13)21(18,19)16-14-5-9-20-10-6-14/h12-16H,3-11H2,1-2H3. The molecule has 2 N–H and O–H groups in total. The number of nitrogens with one attached hydrogen (secondary N) is 2. The fourth-order valence-corrected chi connectivity index (χ4v) is 4.35. The van der Waals surface area contributed by atoms with E-state index in [1.165, 1.54) is 0 Å². The molecule has 0 saturated carbocycles. The van der Waals surface area contributed by atoms with Crippen molar-refractivity contribution in [3.05, 3.63) is 0 Å². The first kappa shape index (κ1) is 17.1. The van der Waals surface area contributed by atoms with E-state index in [1.807, 2.05) is 0 Å². The molecule has 0 aromatic rings. The van der Waals surface area contributed by atoms with Crippen LogP contribution >= 0.6 is 0 Å². The first-order valence-corrected chi connectivity index (χ1v) is 9.50. The summed E-state index contributed by atoms with van der Waals surface area (Å²) in [6.45, 7) is 7.81. The summed E-state index contributed by atoms with van der Waals surface area (Å²) in [7, 11) is -3.33. The van der Waals surface area contributed by atoms with E-state index in [-0.39, 0.29) is 6.04 Å². The summed E-state index contributed by atoms with van der Waals surface area (Å²) in [6, 6.07) is 0.519. The van der Waals surface area contributed by atoms with Crippen LogP contribution in [-0.4, -0.2) is 57.7 Å². The predicted octanol–water partition coefficient (Wildman–Crippen LogP) is 0.710. The highest BCUT2D eigenvalue weighted by Gasteiger charge is 2.30.